The monoisotopic (exact) mass is 623 g/mol. The Morgan fingerprint density at radius 1 is 0.909 bits per heavy atom. The van der Waals surface area contributed by atoms with Crippen LogP contribution in [0, 0.1) is 5.82 Å². The van der Waals surface area contributed by atoms with Gasteiger partial charge in [-0.1, -0.05) is 61.7 Å². The largest absolute Gasteiger partial charge is 0.486 e. The van der Waals surface area contributed by atoms with Crippen molar-refractivity contribution >= 4 is 27.5 Å². The Labute approximate surface area is 258 Å². The number of hydrogen-bond acceptors (Lipinski definition) is 6. The van der Waals surface area contributed by atoms with Gasteiger partial charge in [0.1, 0.15) is 31.6 Å². The van der Waals surface area contributed by atoms with E-state index >= 15 is 0 Å². The molecule has 0 aromatic heterocycles. The molecule has 0 saturated heterocycles. The second-order valence-corrected chi connectivity index (χ2v) is 13.2. The Bertz CT molecular complexity index is 1550. The first-order valence-corrected chi connectivity index (χ1v) is 16.8. The normalized spacial score (nSPS) is 15.7. The molecule has 0 radical (unpaired) electrons. The molecular weight excluding hydrogens is 585 g/mol. The molecule has 234 valence electrons. The minimum Gasteiger partial charge on any atom is -0.486 e. The highest BCUT2D eigenvalue weighted by Gasteiger charge is 2.34. The van der Waals surface area contributed by atoms with Crippen molar-refractivity contribution in [1.29, 1.82) is 0 Å². The predicted octanol–water partition coefficient (Wildman–Crippen LogP) is 4.45. The summed E-state index contributed by atoms with van der Waals surface area (Å²) in [4.78, 5) is 29.7. The van der Waals surface area contributed by atoms with E-state index in [9.17, 15) is 22.4 Å². The van der Waals surface area contributed by atoms with Crippen molar-refractivity contribution in [3.05, 3.63) is 89.7 Å². The van der Waals surface area contributed by atoms with Gasteiger partial charge in [0, 0.05) is 25.1 Å². The number of hydrogen-bond donors (Lipinski definition) is 1. The summed E-state index contributed by atoms with van der Waals surface area (Å²) in [6, 6.07) is 18.8. The lowest BCUT2D eigenvalue weighted by atomic mass is 9.94. The van der Waals surface area contributed by atoms with E-state index in [0.717, 1.165) is 48.2 Å². The summed E-state index contributed by atoms with van der Waals surface area (Å²) in [6.45, 7) is 0.122. The number of halogens is 1. The summed E-state index contributed by atoms with van der Waals surface area (Å²) >= 11 is 0. The third-order valence-electron chi connectivity index (χ3n) is 7.98. The van der Waals surface area contributed by atoms with Gasteiger partial charge in [-0.05, 0) is 48.2 Å². The molecular formula is C33H38FN3O6S. The number of carbonyl (C=O) groups excluding carboxylic acids is 2. The molecule has 1 saturated carbocycles. The number of amides is 2. The Hall–Kier alpha value is -4.12. The quantitative estimate of drug-likeness (QED) is 0.339. The maximum Gasteiger partial charge on any atom is 0.244 e. The van der Waals surface area contributed by atoms with Crippen molar-refractivity contribution in [2.45, 2.75) is 57.2 Å². The minimum atomic E-state index is -3.94. The molecule has 0 spiro atoms. The molecule has 0 unspecified atom stereocenters. The molecule has 1 N–H and O–H groups in total. The van der Waals surface area contributed by atoms with E-state index < -0.39 is 34.3 Å². The number of benzene rings is 3. The molecule has 1 aliphatic carbocycles. The average Bonchev–Trinajstić information content (AvgIpc) is 3.02. The van der Waals surface area contributed by atoms with Gasteiger partial charge in [-0.25, -0.2) is 12.8 Å². The van der Waals surface area contributed by atoms with Gasteiger partial charge in [0.05, 0.1) is 11.9 Å². The highest BCUT2D eigenvalue weighted by Crippen LogP contribution is 2.35. The number of sulfonamides is 1. The molecule has 5 rings (SSSR count). The minimum absolute atomic E-state index is 0.00234. The number of anilines is 1. The summed E-state index contributed by atoms with van der Waals surface area (Å²) in [7, 11) is -3.94. The number of carbonyl (C=O) groups is 2. The van der Waals surface area contributed by atoms with Crippen LogP contribution in [-0.4, -0.2) is 63.2 Å². The number of fused-ring (bicyclic) bond motifs is 1. The van der Waals surface area contributed by atoms with Crippen molar-refractivity contribution in [2.24, 2.45) is 0 Å². The number of ether oxygens (including phenoxy) is 2. The number of nitrogens with zero attached hydrogens (tertiary/aromatic N) is 2. The van der Waals surface area contributed by atoms with Crippen molar-refractivity contribution in [3.63, 3.8) is 0 Å². The fourth-order valence-corrected chi connectivity index (χ4v) is 6.53. The van der Waals surface area contributed by atoms with Crippen molar-refractivity contribution in [3.8, 4) is 11.5 Å². The Morgan fingerprint density at radius 2 is 1.59 bits per heavy atom. The zero-order valence-electron chi connectivity index (χ0n) is 24.8. The van der Waals surface area contributed by atoms with Crippen molar-refractivity contribution in [2.75, 3.05) is 30.3 Å². The summed E-state index contributed by atoms with van der Waals surface area (Å²) in [5.74, 6) is -0.438. The van der Waals surface area contributed by atoms with Crippen molar-refractivity contribution in [1.82, 2.24) is 10.2 Å². The van der Waals surface area contributed by atoms with Gasteiger partial charge in [0.15, 0.2) is 11.5 Å². The Morgan fingerprint density at radius 3 is 2.27 bits per heavy atom. The number of rotatable bonds is 11. The lowest BCUT2D eigenvalue weighted by Crippen LogP contribution is -2.55. The average molecular weight is 624 g/mol. The standard InChI is InChI=1S/C33H38FN3O6S/c1-44(40,41)37(28-16-17-30-31(21-28)43-19-18-42-30)23-32(38)36(22-25-12-14-26(34)15-13-25)29(20-24-8-4-2-5-9-24)33(39)35-27-10-6-3-7-11-27/h2,4-5,8-9,12-17,21,27,29H,3,6-7,10-11,18-20,22-23H2,1H3,(H,35,39)/t29-/m1/s1. The third-order valence-corrected chi connectivity index (χ3v) is 9.12. The Kier molecular flexibility index (Phi) is 10.0. The van der Waals surface area contributed by atoms with E-state index in [1.54, 1.807) is 24.3 Å². The van der Waals surface area contributed by atoms with Crippen LogP contribution in [0.3, 0.4) is 0 Å². The molecule has 9 nitrogen and oxygen atoms in total. The van der Waals surface area contributed by atoms with Crippen LogP contribution in [0.5, 0.6) is 11.5 Å². The van der Waals surface area contributed by atoms with Crippen LogP contribution >= 0.6 is 0 Å². The second-order valence-electron chi connectivity index (χ2n) is 11.3. The van der Waals surface area contributed by atoms with E-state index in [4.69, 9.17) is 9.47 Å². The molecule has 1 aliphatic heterocycles. The predicted molar refractivity (Wildman–Crippen MR) is 166 cm³/mol. The second kappa shape index (κ2) is 14.1. The Balaban J connectivity index is 1.50. The van der Waals surface area contributed by atoms with Gasteiger partial charge >= 0.3 is 0 Å². The van der Waals surface area contributed by atoms with Gasteiger partial charge in [0.25, 0.3) is 0 Å². The molecule has 2 aliphatic rings. The SMILES string of the molecule is CS(=O)(=O)N(CC(=O)N(Cc1ccc(F)cc1)[C@H](Cc1ccccc1)C(=O)NC1CCCCC1)c1ccc2c(c1)OCCO2. The summed E-state index contributed by atoms with van der Waals surface area (Å²) in [5.41, 5.74) is 1.69. The van der Waals surface area contributed by atoms with Crippen molar-refractivity contribution < 1.29 is 31.9 Å². The zero-order valence-corrected chi connectivity index (χ0v) is 25.6. The molecule has 0 bridgehead atoms. The third kappa shape index (κ3) is 8.07. The van der Waals surface area contributed by atoms with E-state index in [2.05, 4.69) is 5.32 Å². The van der Waals surface area contributed by atoms with Gasteiger partial charge in [0.2, 0.25) is 21.8 Å². The fraction of sp³-hybridized carbons (Fsp3) is 0.394. The van der Waals surface area contributed by atoms with Crippen LogP contribution < -0.4 is 19.1 Å². The molecule has 1 fully saturated rings. The summed E-state index contributed by atoms with van der Waals surface area (Å²) < 4.78 is 52.2. The van der Waals surface area contributed by atoms with E-state index in [0.29, 0.717) is 30.3 Å². The van der Waals surface area contributed by atoms with E-state index in [1.165, 1.54) is 23.1 Å². The smallest absolute Gasteiger partial charge is 0.244 e. The maximum atomic E-state index is 14.3. The lowest BCUT2D eigenvalue weighted by molar-refractivity contribution is -0.140. The van der Waals surface area contributed by atoms with Crippen LogP contribution in [0.1, 0.15) is 43.2 Å². The van der Waals surface area contributed by atoms with Crippen LogP contribution in [0.4, 0.5) is 10.1 Å². The molecule has 3 aromatic carbocycles. The molecule has 1 heterocycles. The molecule has 3 aromatic rings. The molecule has 11 heteroatoms. The number of nitrogens with one attached hydrogen (secondary N) is 1. The fourth-order valence-electron chi connectivity index (χ4n) is 5.69. The topological polar surface area (TPSA) is 105 Å². The summed E-state index contributed by atoms with van der Waals surface area (Å²) in [6.07, 6.45) is 6.13. The zero-order chi connectivity index (χ0) is 31.1. The molecule has 2 amide bonds. The molecule has 44 heavy (non-hydrogen) atoms. The molecule has 1 atom stereocenters. The van der Waals surface area contributed by atoms with Gasteiger partial charge in [-0.2, -0.15) is 0 Å². The maximum absolute atomic E-state index is 14.3. The lowest BCUT2D eigenvalue weighted by Gasteiger charge is -2.35. The van der Waals surface area contributed by atoms with Gasteiger partial charge in [-0.3, -0.25) is 13.9 Å². The first-order chi connectivity index (χ1) is 21.2. The first-order valence-electron chi connectivity index (χ1n) is 14.9. The van der Waals surface area contributed by atoms with E-state index in [-0.39, 0.29) is 30.6 Å². The van der Waals surface area contributed by atoms with Gasteiger partial charge in [-0.15, -0.1) is 0 Å². The highest BCUT2D eigenvalue weighted by atomic mass is 32.2. The van der Waals surface area contributed by atoms with Crippen LogP contribution in [0.15, 0.2) is 72.8 Å². The highest BCUT2D eigenvalue weighted by molar-refractivity contribution is 7.92. The summed E-state index contributed by atoms with van der Waals surface area (Å²) in [5, 5.41) is 3.16. The van der Waals surface area contributed by atoms with Crippen LogP contribution in [0.25, 0.3) is 0 Å². The van der Waals surface area contributed by atoms with Crippen LogP contribution in [-0.2, 0) is 32.6 Å². The first kappa shape index (κ1) is 31.3. The van der Waals surface area contributed by atoms with E-state index in [1.807, 2.05) is 30.3 Å². The van der Waals surface area contributed by atoms with Crippen LogP contribution in [0.2, 0.25) is 0 Å². The van der Waals surface area contributed by atoms with Gasteiger partial charge < -0.3 is 19.7 Å².